The maximum atomic E-state index is 8.69. The Morgan fingerprint density at radius 1 is 1.17 bits per heavy atom. The van der Waals surface area contributed by atoms with Crippen molar-refractivity contribution < 1.29 is 28.7 Å². The van der Waals surface area contributed by atoms with Crippen LogP contribution in [0.25, 0.3) is 0 Å². The predicted octanol–water partition coefficient (Wildman–Crippen LogP) is -0.754. The second kappa shape index (κ2) is 2.09. The summed E-state index contributed by atoms with van der Waals surface area (Å²) < 4.78 is 33.1. The monoisotopic (exact) mass is 137 g/mol. The fraction of sp³-hybridized carbons (Fsp3) is 0. The Morgan fingerprint density at radius 2 is 1.17 bits per heavy atom. The molecule has 0 saturated carbocycles. The zero-order valence-corrected chi connectivity index (χ0v) is 3.94. The Hall–Kier alpha value is -0.161. The van der Waals surface area contributed by atoms with Crippen molar-refractivity contribution in [2.45, 2.75) is 0 Å². The van der Waals surface area contributed by atoms with E-state index in [1.54, 1.807) is 0 Å². The quantitative estimate of drug-likeness (QED) is 0.427. The molecule has 0 aromatic rings. The molecule has 0 radical (unpaired) electrons. The van der Waals surface area contributed by atoms with Gasteiger partial charge >= 0.3 is 28.7 Å². The molecule has 0 saturated heterocycles. The summed E-state index contributed by atoms with van der Waals surface area (Å²) in [7, 11) is 0. The minimum absolute atomic E-state index is 0. The number of rotatable bonds is 0. The average molecular weight is 137 g/mol. The minimum atomic E-state index is -5.38. The van der Waals surface area contributed by atoms with Crippen LogP contribution in [0.1, 0.15) is 0 Å². The summed E-state index contributed by atoms with van der Waals surface area (Å²) in [6.45, 7) is 0. The zero-order chi connectivity index (χ0) is 4.50. The van der Waals surface area contributed by atoms with E-state index in [1.165, 1.54) is 0 Å². The fourth-order valence-corrected chi connectivity index (χ4v) is 0. The topological polar surface area (TPSA) is 106 Å². The maximum absolute atomic E-state index is 8.69. The predicted molar refractivity (Wildman–Crippen MR) is 9.30 cm³/mol. The third-order valence-electron chi connectivity index (χ3n) is 0. The van der Waals surface area contributed by atoms with Gasteiger partial charge in [0.1, 0.15) is 0 Å². The molecule has 0 bridgehead atoms. The second-order valence-electron chi connectivity index (χ2n) is 0.396. The standard InChI is InChI=1S/Mn.H3N.H2O.3O/h;1H3;1H2;;;/q+1;;;;;/p-1. The van der Waals surface area contributed by atoms with E-state index in [4.69, 9.17) is 15.7 Å². The molecule has 4 N–H and O–H groups in total. The van der Waals surface area contributed by atoms with Crippen molar-refractivity contribution in [1.29, 1.82) is 0 Å². The Kier molecular flexibility index (Phi) is 3.23. The van der Waals surface area contributed by atoms with Crippen molar-refractivity contribution in [3.05, 3.63) is 0 Å². The van der Waals surface area contributed by atoms with Crippen LogP contribution in [0.3, 0.4) is 0 Å². The molecule has 6 heteroatoms. The summed E-state index contributed by atoms with van der Waals surface area (Å²) in [5.74, 6) is 0. The van der Waals surface area contributed by atoms with E-state index in [1.807, 2.05) is 0 Å². The van der Waals surface area contributed by atoms with E-state index in [0.717, 1.165) is 0 Å². The Bertz CT molecular complexity index is 129. The Morgan fingerprint density at radius 3 is 1.17 bits per heavy atom. The summed E-state index contributed by atoms with van der Waals surface area (Å²) >= 11 is -5.38. The summed E-state index contributed by atoms with van der Waals surface area (Å²) in [6, 6.07) is 0. The fourth-order valence-electron chi connectivity index (χ4n) is 0. The summed E-state index contributed by atoms with van der Waals surface area (Å²) in [4.78, 5) is 0. The summed E-state index contributed by atoms with van der Waals surface area (Å²) in [5.41, 5.74) is 0. The van der Waals surface area contributed by atoms with Crippen LogP contribution in [0, 0.1) is 0 Å². The molecule has 0 aliphatic carbocycles. The normalized spacial score (nSPS) is 9.50. The molecule has 0 aliphatic rings. The molecule has 5 nitrogen and oxygen atoms in total. The van der Waals surface area contributed by atoms with Gasteiger partial charge in [0.25, 0.3) is 0 Å². The van der Waals surface area contributed by atoms with Gasteiger partial charge in [0, 0.05) is 0 Å². The SMILES string of the molecule is N.[O]=[Mn](=[O])(=[O])[OH]. The molecule has 0 fully saturated rings. The van der Waals surface area contributed by atoms with Gasteiger partial charge in [-0.2, -0.15) is 0 Å². The molecule has 0 amide bonds. The van der Waals surface area contributed by atoms with E-state index in [0.29, 0.717) is 0 Å². The van der Waals surface area contributed by atoms with Gasteiger partial charge in [-0.05, 0) is 0 Å². The molecule has 0 heterocycles. The van der Waals surface area contributed by atoms with Crippen LogP contribution in [-0.4, -0.2) is 4.19 Å². The molecule has 0 aromatic heterocycles. The molecular formula is H4MnNO4. The first kappa shape index (κ1) is 9.28. The Labute approximate surface area is 35.7 Å². The van der Waals surface area contributed by atoms with Crippen molar-refractivity contribution in [3.8, 4) is 0 Å². The molecule has 0 spiro atoms. The van der Waals surface area contributed by atoms with Crippen LogP contribution in [0.4, 0.5) is 0 Å². The number of hydrogen-bond donors (Lipinski definition) is 2. The summed E-state index contributed by atoms with van der Waals surface area (Å²) in [6.07, 6.45) is 0. The molecule has 6 heavy (non-hydrogen) atoms. The molecule has 0 unspecified atom stereocenters. The first-order valence-corrected chi connectivity index (χ1v) is 2.61. The van der Waals surface area contributed by atoms with Crippen molar-refractivity contribution in [1.82, 2.24) is 6.15 Å². The van der Waals surface area contributed by atoms with Crippen LogP contribution in [-0.2, 0) is 24.5 Å². The van der Waals surface area contributed by atoms with E-state index in [-0.39, 0.29) is 6.15 Å². The summed E-state index contributed by atoms with van der Waals surface area (Å²) in [5, 5.41) is 0. The van der Waals surface area contributed by atoms with Gasteiger partial charge < -0.3 is 6.15 Å². The van der Waals surface area contributed by atoms with Crippen molar-refractivity contribution in [2.24, 2.45) is 0 Å². The van der Waals surface area contributed by atoms with Gasteiger partial charge in [0.2, 0.25) is 0 Å². The van der Waals surface area contributed by atoms with Crippen molar-refractivity contribution in [3.63, 3.8) is 0 Å². The van der Waals surface area contributed by atoms with Crippen LogP contribution >= 0.6 is 0 Å². The molecule has 40 valence electrons. The van der Waals surface area contributed by atoms with E-state index in [9.17, 15) is 0 Å². The van der Waals surface area contributed by atoms with Gasteiger partial charge in [-0.1, -0.05) is 0 Å². The number of hydrogen-bond acceptors (Lipinski definition) is 4. The molecule has 0 atom stereocenters. The van der Waals surface area contributed by atoms with Gasteiger partial charge in [-0.3, -0.25) is 0 Å². The molecule has 0 rings (SSSR count). The van der Waals surface area contributed by atoms with Crippen molar-refractivity contribution >= 4 is 0 Å². The molecule has 0 aromatic carbocycles. The van der Waals surface area contributed by atoms with E-state index < -0.39 is 13.0 Å². The van der Waals surface area contributed by atoms with Crippen LogP contribution < -0.4 is 6.15 Å². The molecular weight excluding hydrogens is 133 g/mol. The van der Waals surface area contributed by atoms with Crippen LogP contribution in [0.2, 0.25) is 0 Å². The zero-order valence-electron chi connectivity index (χ0n) is 2.76. The van der Waals surface area contributed by atoms with Gasteiger partial charge in [-0.25, -0.2) is 0 Å². The van der Waals surface area contributed by atoms with E-state index >= 15 is 0 Å². The van der Waals surface area contributed by atoms with Crippen LogP contribution in [0.5, 0.6) is 0 Å². The van der Waals surface area contributed by atoms with E-state index in [2.05, 4.69) is 0 Å². The van der Waals surface area contributed by atoms with Crippen LogP contribution in [0.15, 0.2) is 0 Å². The Balaban J connectivity index is 0. The van der Waals surface area contributed by atoms with Crippen molar-refractivity contribution in [2.75, 3.05) is 0 Å². The van der Waals surface area contributed by atoms with Gasteiger partial charge in [-0.15, -0.1) is 0 Å². The third-order valence-corrected chi connectivity index (χ3v) is 0. The van der Waals surface area contributed by atoms with Gasteiger partial charge in [0.05, 0.1) is 0 Å². The second-order valence-corrected chi connectivity index (χ2v) is 1.63. The van der Waals surface area contributed by atoms with Gasteiger partial charge in [0.15, 0.2) is 0 Å². The average Bonchev–Trinajstić information content (AvgIpc) is 0.722. The first-order chi connectivity index (χ1) is 2.00. The third kappa shape index (κ3) is 1200. The first-order valence-electron chi connectivity index (χ1n) is 0.632. The molecule has 0 aliphatic heterocycles.